The van der Waals surface area contributed by atoms with E-state index in [-0.39, 0.29) is 0 Å². The molecule has 8 heavy (non-hydrogen) atoms. The minimum atomic E-state index is 0.858. The van der Waals surface area contributed by atoms with E-state index < -0.39 is 0 Å². The summed E-state index contributed by atoms with van der Waals surface area (Å²) in [6.07, 6.45) is 0. The van der Waals surface area contributed by atoms with Gasteiger partial charge in [0.05, 0.1) is 0 Å². The Bertz CT molecular complexity index is 88.5. The lowest BCUT2D eigenvalue weighted by Gasteiger charge is -1.96. The zero-order chi connectivity index (χ0) is 6.41. The number of hydrogen-bond donors (Lipinski definition) is 1. The largest absolute Gasteiger partial charge is 0.315 e. The van der Waals surface area contributed by atoms with Gasteiger partial charge in [0.1, 0.15) is 0 Å². The molecule has 0 aliphatic heterocycles. The summed E-state index contributed by atoms with van der Waals surface area (Å²) >= 11 is 1.56. The second-order valence-corrected chi connectivity index (χ2v) is 2.50. The van der Waals surface area contributed by atoms with Gasteiger partial charge in [0, 0.05) is 6.54 Å². The van der Waals surface area contributed by atoms with Gasteiger partial charge in [-0.05, 0) is 17.4 Å². The Kier molecular flexibility index (Phi) is 4.81. The summed E-state index contributed by atoms with van der Waals surface area (Å²) in [4.78, 5) is 1.10. The predicted octanol–water partition coefficient (Wildman–Crippen LogP) is 1.60. The van der Waals surface area contributed by atoms with Gasteiger partial charge in [-0.15, -0.1) is 11.8 Å². The normalized spacial score (nSPS) is 8.62. The lowest BCUT2D eigenvalue weighted by atomic mass is 10.6. The number of rotatable bonds is 4. The Morgan fingerprint density at radius 2 is 2.50 bits per heavy atom. The molecule has 0 rings (SSSR count). The summed E-state index contributed by atoms with van der Waals surface area (Å²) in [6.45, 7) is 8.18. The first kappa shape index (κ1) is 7.79. The molecule has 1 nitrogen and oxygen atoms in total. The van der Waals surface area contributed by atoms with E-state index in [0.717, 1.165) is 11.4 Å². The molecule has 0 aromatic carbocycles. The molecular weight excluding hydrogens is 118 g/mol. The minimum Gasteiger partial charge on any atom is -0.315 e. The second kappa shape index (κ2) is 4.94. The maximum Gasteiger partial charge on any atom is 0.0259 e. The van der Waals surface area contributed by atoms with Crippen LogP contribution in [0.25, 0.3) is 0 Å². The first-order valence-corrected chi connectivity index (χ1v) is 3.29. The van der Waals surface area contributed by atoms with Crippen molar-refractivity contribution in [1.82, 2.24) is 5.32 Å². The van der Waals surface area contributed by atoms with Crippen molar-refractivity contribution >= 4 is 11.8 Å². The van der Waals surface area contributed by atoms with Crippen molar-refractivity contribution in [3.63, 3.8) is 0 Å². The van der Waals surface area contributed by atoms with Crippen LogP contribution in [-0.4, -0.2) is 13.6 Å². The topological polar surface area (TPSA) is 12.0 Å². The molecule has 0 unspecified atom stereocenters. The van der Waals surface area contributed by atoms with Crippen molar-refractivity contribution in [3.05, 3.63) is 23.5 Å². The Hall–Kier alpha value is -0.210. The summed E-state index contributed by atoms with van der Waals surface area (Å²) in [6, 6.07) is 0. The third-order valence-electron chi connectivity index (χ3n) is 0.624. The summed E-state index contributed by atoms with van der Waals surface area (Å²) in [5.41, 5.74) is 0. The Labute approximate surface area is 54.9 Å². The fourth-order valence-corrected chi connectivity index (χ4v) is 0.820. The maximum absolute atomic E-state index is 3.76. The highest BCUT2D eigenvalue weighted by atomic mass is 32.2. The van der Waals surface area contributed by atoms with Crippen molar-refractivity contribution in [1.29, 1.82) is 0 Å². The quantitative estimate of drug-likeness (QED) is 0.618. The van der Waals surface area contributed by atoms with E-state index in [9.17, 15) is 0 Å². The predicted molar refractivity (Wildman–Crippen MR) is 40.9 cm³/mol. The molecule has 0 spiro atoms. The summed E-state index contributed by atoms with van der Waals surface area (Å²) in [5, 5.41) is 4.76. The lowest BCUT2D eigenvalue weighted by Crippen LogP contribution is -2.07. The molecule has 0 saturated heterocycles. The first-order valence-electron chi connectivity index (χ1n) is 2.41. The van der Waals surface area contributed by atoms with Crippen LogP contribution in [0.4, 0.5) is 0 Å². The van der Waals surface area contributed by atoms with Crippen LogP contribution in [-0.2, 0) is 0 Å². The molecule has 0 atom stereocenters. The molecule has 0 bridgehead atoms. The summed E-state index contributed by atoms with van der Waals surface area (Å²) in [7, 11) is 1.90. The number of likely N-dealkylation sites (N-methyl/N-ethyl adjacent to an activating group) is 1. The van der Waals surface area contributed by atoms with Crippen molar-refractivity contribution in [2.45, 2.75) is 0 Å². The van der Waals surface area contributed by atoms with Crippen molar-refractivity contribution in [3.8, 4) is 0 Å². The van der Waals surface area contributed by atoms with Gasteiger partial charge in [-0.1, -0.05) is 13.2 Å². The SMILES string of the molecule is C=CSC(=C)CNC. The maximum atomic E-state index is 3.76. The van der Waals surface area contributed by atoms with Crippen LogP contribution >= 0.6 is 11.8 Å². The molecular formula is C6H11NS. The van der Waals surface area contributed by atoms with E-state index in [1.807, 2.05) is 7.05 Å². The van der Waals surface area contributed by atoms with Gasteiger partial charge in [0.2, 0.25) is 0 Å². The van der Waals surface area contributed by atoms with Gasteiger partial charge in [0.25, 0.3) is 0 Å². The van der Waals surface area contributed by atoms with E-state index >= 15 is 0 Å². The fraction of sp³-hybridized carbons (Fsp3) is 0.333. The van der Waals surface area contributed by atoms with Crippen LogP contribution in [0.1, 0.15) is 0 Å². The van der Waals surface area contributed by atoms with Crippen molar-refractivity contribution in [2.75, 3.05) is 13.6 Å². The molecule has 0 aromatic rings. The molecule has 0 fully saturated rings. The van der Waals surface area contributed by atoms with Gasteiger partial charge in [-0.25, -0.2) is 0 Å². The molecule has 0 amide bonds. The molecule has 2 heteroatoms. The van der Waals surface area contributed by atoms with Crippen LogP contribution in [0.2, 0.25) is 0 Å². The van der Waals surface area contributed by atoms with E-state index in [1.54, 1.807) is 17.2 Å². The minimum absolute atomic E-state index is 0.858. The summed E-state index contributed by atoms with van der Waals surface area (Å²) < 4.78 is 0. The standard InChI is InChI=1S/C6H11NS/c1-4-8-6(2)5-7-3/h4,7H,1-2,5H2,3H3. The molecule has 0 heterocycles. The second-order valence-electron chi connectivity index (χ2n) is 1.35. The summed E-state index contributed by atoms with van der Waals surface area (Å²) in [5.74, 6) is 0. The van der Waals surface area contributed by atoms with Crippen LogP contribution < -0.4 is 5.32 Å². The molecule has 46 valence electrons. The highest BCUT2D eigenvalue weighted by Crippen LogP contribution is 2.10. The number of hydrogen-bond acceptors (Lipinski definition) is 2. The van der Waals surface area contributed by atoms with E-state index in [1.165, 1.54) is 0 Å². The molecule has 0 aliphatic rings. The Balaban J connectivity index is 3.18. The highest BCUT2D eigenvalue weighted by molar-refractivity contribution is 8.05. The zero-order valence-electron chi connectivity index (χ0n) is 5.11. The fourth-order valence-electron chi connectivity index (χ4n) is 0.357. The molecule has 0 aromatic heterocycles. The van der Waals surface area contributed by atoms with E-state index in [0.29, 0.717) is 0 Å². The van der Waals surface area contributed by atoms with Crippen LogP contribution in [0.15, 0.2) is 23.5 Å². The third kappa shape index (κ3) is 3.96. The first-order chi connectivity index (χ1) is 3.81. The smallest absolute Gasteiger partial charge is 0.0259 e. The van der Waals surface area contributed by atoms with E-state index in [4.69, 9.17) is 0 Å². The van der Waals surface area contributed by atoms with Gasteiger partial charge in [0.15, 0.2) is 0 Å². The number of nitrogens with one attached hydrogen (secondary N) is 1. The molecule has 0 saturated carbocycles. The monoisotopic (exact) mass is 129 g/mol. The van der Waals surface area contributed by atoms with Gasteiger partial charge in [-0.3, -0.25) is 0 Å². The zero-order valence-corrected chi connectivity index (χ0v) is 5.92. The average Bonchev–Trinajstić information content (AvgIpc) is 1.68. The van der Waals surface area contributed by atoms with Gasteiger partial charge >= 0.3 is 0 Å². The van der Waals surface area contributed by atoms with Crippen LogP contribution in [0.5, 0.6) is 0 Å². The lowest BCUT2D eigenvalue weighted by molar-refractivity contribution is 0.913. The van der Waals surface area contributed by atoms with Gasteiger partial charge in [-0.2, -0.15) is 0 Å². The van der Waals surface area contributed by atoms with Crippen molar-refractivity contribution in [2.24, 2.45) is 0 Å². The third-order valence-corrected chi connectivity index (χ3v) is 1.27. The Morgan fingerprint density at radius 1 is 1.88 bits per heavy atom. The number of thioether (sulfide) groups is 1. The molecule has 0 aliphatic carbocycles. The van der Waals surface area contributed by atoms with Crippen LogP contribution in [0.3, 0.4) is 0 Å². The van der Waals surface area contributed by atoms with Gasteiger partial charge < -0.3 is 5.32 Å². The van der Waals surface area contributed by atoms with Crippen molar-refractivity contribution < 1.29 is 0 Å². The Morgan fingerprint density at radius 3 is 2.88 bits per heavy atom. The highest BCUT2D eigenvalue weighted by Gasteiger charge is 1.85. The molecule has 0 radical (unpaired) electrons. The van der Waals surface area contributed by atoms with E-state index in [2.05, 4.69) is 18.5 Å². The van der Waals surface area contributed by atoms with Crippen LogP contribution in [0, 0.1) is 0 Å². The molecule has 1 N–H and O–H groups in total. The average molecular weight is 129 g/mol.